The van der Waals surface area contributed by atoms with Crippen molar-refractivity contribution >= 4 is 11.6 Å². The van der Waals surface area contributed by atoms with Gasteiger partial charge in [0.25, 0.3) is 5.78 Å². The van der Waals surface area contributed by atoms with Gasteiger partial charge < -0.3 is 4.74 Å². The number of nitrogens with zero attached hydrogens (tertiary/aromatic N) is 4. The number of fused-ring (bicyclic) bond motifs is 3. The molecule has 0 radical (unpaired) electrons. The van der Waals surface area contributed by atoms with Gasteiger partial charge in [0.15, 0.2) is 11.6 Å². The second kappa shape index (κ2) is 5.70. The van der Waals surface area contributed by atoms with Crippen LogP contribution in [0.1, 0.15) is 46.7 Å². The van der Waals surface area contributed by atoms with Crippen molar-refractivity contribution < 1.29 is 9.53 Å². The van der Waals surface area contributed by atoms with Crippen molar-refractivity contribution in [3.63, 3.8) is 0 Å². The molecule has 0 fully saturated rings. The van der Waals surface area contributed by atoms with Crippen LogP contribution in [0.5, 0.6) is 5.75 Å². The van der Waals surface area contributed by atoms with Gasteiger partial charge in [0.2, 0.25) is 0 Å². The zero-order valence-corrected chi connectivity index (χ0v) is 13.7. The summed E-state index contributed by atoms with van der Waals surface area (Å²) in [4.78, 5) is 21.3. The second-order valence-electron chi connectivity index (χ2n) is 5.98. The molecule has 1 aliphatic carbocycles. The number of hydrogen-bond acceptors (Lipinski definition) is 5. The summed E-state index contributed by atoms with van der Waals surface area (Å²) in [6.07, 6.45) is 3.55. The molecule has 2 aromatic heterocycles. The minimum atomic E-state index is 0.0704. The van der Waals surface area contributed by atoms with Crippen LogP contribution in [0.3, 0.4) is 0 Å². The van der Waals surface area contributed by atoms with Gasteiger partial charge in [-0.3, -0.25) is 4.79 Å². The van der Waals surface area contributed by atoms with Crippen molar-refractivity contribution in [2.75, 3.05) is 7.11 Å². The number of ether oxygens (including phenoxy) is 1. The molecule has 0 N–H and O–H groups in total. The first-order valence-electron chi connectivity index (χ1n) is 8.11. The van der Waals surface area contributed by atoms with E-state index >= 15 is 0 Å². The molecule has 1 aromatic carbocycles. The van der Waals surface area contributed by atoms with Crippen LogP contribution in [-0.2, 0) is 12.8 Å². The van der Waals surface area contributed by atoms with E-state index in [1.165, 1.54) is 0 Å². The first-order valence-corrected chi connectivity index (χ1v) is 8.11. The van der Waals surface area contributed by atoms with Gasteiger partial charge in [-0.05, 0) is 18.1 Å². The third-order valence-corrected chi connectivity index (χ3v) is 4.58. The summed E-state index contributed by atoms with van der Waals surface area (Å²) in [6.45, 7) is 2.00. The monoisotopic (exact) mass is 322 g/mol. The highest BCUT2D eigenvalue weighted by Gasteiger charge is 2.30. The maximum atomic E-state index is 12.6. The molecule has 1 unspecified atom stereocenters. The third kappa shape index (κ3) is 2.26. The van der Waals surface area contributed by atoms with E-state index in [0.29, 0.717) is 24.2 Å². The smallest absolute Gasteiger partial charge is 0.252 e. The van der Waals surface area contributed by atoms with E-state index in [2.05, 4.69) is 15.1 Å². The van der Waals surface area contributed by atoms with Crippen molar-refractivity contribution in [2.24, 2.45) is 0 Å². The molecule has 24 heavy (non-hydrogen) atoms. The number of benzene rings is 1. The predicted molar refractivity (Wildman–Crippen MR) is 88.5 cm³/mol. The summed E-state index contributed by atoms with van der Waals surface area (Å²) >= 11 is 0. The molecule has 1 atom stereocenters. The fraction of sp³-hybridized carbons (Fsp3) is 0.333. The number of Topliss-reactive ketones (excluding diaryl/α,β-unsaturated/α-hetero) is 1. The zero-order chi connectivity index (χ0) is 16.7. The minimum absolute atomic E-state index is 0.0704. The summed E-state index contributed by atoms with van der Waals surface area (Å²) in [5, 5.41) is 4.51. The number of methoxy groups -OCH3 is 1. The molecule has 0 saturated carbocycles. The average molecular weight is 322 g/mol. The van der Waals surface area contributed by atoms with Crippen LogP contribution in [-0.4, -0.2) is 32.5 Å². The number of ketones is 1. The lowest BCUT2D eigenvalue weighted by molar-refractivity contribution is 0.0961. The van der Waals surface area contributed by atoms with E-state index in [1.807, 2.05) is 31.2 Å². The van der Waals surface area contributed by atoms with Crippen LogP contribution >= 0.6 is 0 Å². The quantitative estimate of drug-likeness (QED) is 0.741. The Morgan fingerprint density at radius 1 is 1.29 bits per heavy atom. The third-order valence-electron chi connectivity index (χ3n) is 4.58. The van der Waals surface area contributed by atoms with Crippen molar-refractivity contribution in [3.8, 4) is 5.75 Å². The molecule has 6 nitrogen and oxygen atoms in total. The van der Waals surface area contributed by atoms with E-state index in [9.17, 15) is 4.79 Å². The van der Waals surface area contributed by atoms with Gasteiger partial charge in [0, 0.05) is 25.0 Å². The maximum absolute atomic E-state index is 12.6. The number of para-hydroxylation sites is 1. The summed E-state index contributed by atoms with van der Waals surface area (Å²) in [5.41, 5.74) is 2.60. The Labute approximate surface area is 139 Å². The SMILES string of the molecule is CCc1nc2ncc3c(n2n1)CC(c1ccccc1OC)CC3=O. The molecule has 0 saturated heterocycles. The first kappa shape index (κ1) is 14.8. The fourth-order valence-corrected chi connectivity index (χ4v) is 3.36. The van der Waals surface area contributed by atoms with Crippen molar-refractivity contribution in [1.82, 2.24) is 19.6 Å². The van der Waals surface area contributed by atoms with Crippen molar-refractivity contribution in [3.05, 3.63) is 53.1 Å². The lowest BCUT2D eigenvalue weighted by Crippen LogP contribution is -2.23. The molecule has 0 aliphatic heterocycles. The Morgan fingerprint density at radius 3 is 2.92 bits per heavy atom. The van der Waals surface area contributed by atoms with E-state index in [4.69, 9.17) is 4.74 Å². The highest BCUT2D eigenvalue weighted by atomic mass is 16.5. The van der Waals surface area contributed by atoms with Gasteiger partial charge in [-0.1, -0.05) is 25.1 Å². The van der Waals surface area contributed by atoms with Crippen molar-refractivity contribution in [2.45, 2.75) is 32.1 Å². The lowest BCUT2D eigenvalue weighted by atomic mass is 9.82. The van der Waals surface area contributed by atoms with Crippen LogP contribution in [0.2, 0.25) is 0 Å². The Balaban J connectivity index is 1.83. The van der Waals surface area contributed by atoms with Gasteiger partial charge in [-0.2, -0.15) is 4.98 Å². The van der Waals surface area contributed by atoms with E-state index in [-0.39, 0.29) is 11.7 Å². The lowest BCUT2D eigenvalue weighted by Gasteiger charge is -2.25. The molecular formula is C18H18N4O2. The van der Waals surface area contributed by atoms with Gasteiger partial charge >= 0.3 is 0 Å². The zero-order valence-electron chi connectivity index (χ0n) is 13.7. The fourth-order valence-electron chi connectivity index (χ4n) is 3.36. The molecular weight excluding hydrogens is 304 g/mol. The molecule has 3 aromatic rings. The molecule has 122 valence electrons. The first-order chi connectivity index (χ1) is 11.7. The molecule has 2 heterocycles. The van der Waals surface area contributed by atoms with E-state index < -0.39 is 0 Å². The Hall–Kier alpha value is -2.76. The largest absolute Gasteiger partial charge is 0.496 e. The van der Waals surface area contributed by atoms with Gasteiger partial charge in [-0.15, -0.1) is 5.10 Å². The minimum Gasteiger partial charge on any atom is -0.496 e. The predicted octanol–water partition coefficient (Wildman–Crippen LogP) is 2.61. The topological polar surface area (TPSA) is 69.4 Å². The van der Waals surface area contributed by atoms with Crippen LogP contribution in [0.15, 0.2) is 30.5 Å². The van der Waals surface area contributed by atoms with Gasteiger partial charge in [0.05, 0.1) is 18.4 Å². The van der Waals surface area contributed by atoms with Crippen LogP contribution < -0.4 is 4.74 Å². The molecule has 1 aliphatic rings. The van der Waals surface area contributed by atoms with E-state index in [1.54, 1.807) is 17.8 Å². The summed E-state index contributed by atoms with van der Waals surface area (Å²) < 4.78 is 7.20. The highest BCUT2D eigenvalue weighted by molar-refractivity contribution is 5.98. The Kier molecular flexibility index (Phi) is 3.52. The number of carbonyl (C=O) groups is 1. The van der Waals surface area contributed by atoms with Gasteiger partial charge in [0.1, 0.15) is 5.75 Å². The maximum Gasteiger partial charge on any atom is 0.252 e. The Morgan fingerprint density at radius 2 is 2.12 bits per heavy atom. The summed E-state index contributed by atoms with van der Waals surface area (Å²) in [7, 11) is 1.66. The number of hydrogen-bond donors (Lipinski definition) is 0. The van der Waals surface area contributed by atoms with Crippen LogP contribution in [0.4, 0.5) is 0 Å². The van der Waals surface area contributed by atoms with Crippen LogP contribution in [0, 0.1) is 0 Å². The highest BCUT2D eigenvalue weighted by Crippen LogP contribution is 2.36. The number of aryl methyl sites for hydroxylation is 1. The number of aromatic nitrogens is 4. The van der Waals surface area contributed by atoms with Gasteiger partial charge in [-0.25, -0.2) is 9.50 Å². The number of rotatable bonds is 3. The normalized spacial score (nSPS) is 17.1. The molecule has 0 amide bonds. The van der Waals surface area contributed by atoms with E-state index in [0.717, 1.165) is 29.3 Å². The molecule has 0 spiro atoms. The summed E-state index contributed by atoms with van der Waals surface area (Å²) in [6, 6.07) is 7.87. The number of carbonyl (C=O) groups excluding carboxylic acids is 1. The standard InChI is InChI=1S/C18H18N4O2/c1-3-17-20-18-19-10-13-14(22(18)21-17)8-11(9-15(13)23)12-6-4-5-7-16(12)24-2/h4-7,10-11H,3,8-9H2,1-2H3. The second-order valence-corrected chi connectivity index (χ2v) is 5.98. The average Bonchev–Trinajstić information content (AvgIpc) is 3.05. The molecule has 4 rings (SSSR count). The molecule has 0 bridgehead atoms. The summed E-state index contributed by atoms with van der Waals surface area (Å²) in [5.74, 6) is 2.27. The van der Waals surface area contributed by atoms with Crippen molar-refractivity contribution in [1.29, 1.82) is 0 Å². The van der Waals surface area contributed by atoms with Crippen LogP contribution in [0.25, 0.3) is 5.78 Å². The molecule has 6 heteroatoms. The Bertz CT molecular complexity index is 932.